The lowest BCUT2D eigenvalue weighted by atomic mass is 10.3. The van der Waals surface area contributed by atoms with Crippen LogP contribution in [0.1, 0.15) is 0 Å². The second-order valence-corrected chi connectivity index (χ2v) is 6.54. The minimum absolute atomic E-state index is 0.00433. The average molecular weight is 287 g/mol. The maximum Gasteiger partial charge on any atom is 0.180 e. The largest absolute Gasteiger partial charge is 0.244 e. The van der Waals surface area contributed by atoms with Gasteiger partial charge in [-0.15, -0.1) is 5.10 Å². The lowest BCUT2D eigenvalue weighted by molar-refractivity contribution is 0.579. The normalized spacial score (nSPS) is 11.8. The number of aromatic nitrogens is 3. The number of aryl methyl sites for hydroxylation is 1. The third kappa shape index (κ3) is 2.42. The summed E-state index contributed by atoms with van der Waals surface area (Å²) in [5.41, 5.74) is 1.61. The number of para-hydroxylation sites is 1. The molecule has 6 heteroatoms. The Balaban J connectivity index is 1.83. The molecule has 0 bridgehead atoms. The van der Waals surface area contributed by atoms with E-state index in [4.69, 9.17) is 0 Å². The summed E-state index contributed by atoms with van der Waals surface area (Å²) >= 11 is 0. The van der Waals surface area contributed by atoms with E-state index >= 15 is 0 Å². The summed E-state index contributed by atoms with van der Waals surface area (Å²) in [6, 6.07) is 15.9. The van der Waals surface area contributed by atoms with Crippen molar-refractivity contribution in [2.24, 2.45) is 0 Å². The first-order chi connectivity index (χ1) is 9.67. The first kappa shape index (κ1) is 12.8. The molecular weight excluding hydrogens is 274 g/mol. The van der Waals surface area contributed by atoms with Gasteiger partial charge in [-0.25, -0.2) is 13.1 Å². The van der Waals surface area contributed by atoms with Gasteiger partial charge in [0.25, 0.3) is 0 Å². The van der Waals surface area contributed by atoms with E-state index in [0.29, 0.717) is 4.90 Å². The van der Waals surface area contributed by atoms with E-state index in [1.807, 2.05) is 24.3 Å². The smallest absolute Gasteiger partial charge is 0.180 e. The lowest BCUT2D eigenvalue weighted by Gasteiger charge is -2.05. The molecule has 0 N–H and O–H groups in total. The molecule has 2 aromatic carbocycles. The Bertz CT molecular complexity index is 826. The van der Waals surface area contributed by atoms with Gasteiger partial charge in [-0.1, -0.05) is 35.5 Å². The maximum atomic E-state index is 12.2. The fourth-order valence-electron chi connectivity index (χ4n) is 2.03. The molecule has 0 aliphatic rings. The van der Waals surface area contributed by atoms with Gasteiger partial charge in [0.15, 0.2) is 9.84 Å². The van der Waals surface area contributed by atoms with Crippen LogP contribution in [0.15, 0.2) is 59.5 Å². The SMILES string of the molecule is O=S(=O)(CCn1nnc2ccccc21)c1ccccc1. The van der Waals surface area contributed by atoms with Gasteiger partial charge in [0, 0.05) is 0 Å². The molecular formula is C14H13N3O2S. The minimum Gasteiger partial charge on any atom is -0.244 e. The third-order valence-electron chi connectivity index (χ3n) is 3.09. The Hall–Kier alpha value is -2.21. The van der Waals surface area contributed by atoms with Crippen LogP contribution in [-0.4, -0.2) is 29.2 Å². The minimum atomic E-state index is -3.29. The second kappa shape index (κ2) is 5.05. The summed E-state index contributed by atoms with van der Waals surface area (Å²) < 4.78 is 26.0. The number of fused-ring (bicyclic) bond motifs is 1. The number of rotatable bonds is 4. The molecule has 0 fully saturated rings. The van der Waals surface area contributed by atoms with Gasteiger partial charge in [-0.3, -0.25) is 0 Å². The first-order valence-corrected chi connectivity index (χ1v) is 7.88. The van der Waals surface area contributed by atoms with Crippen molar-refractivity contribution in [3.63, 3.8) is 0 Å². The van der Waals surface area contributed by atoms with Crippen molar-refractivity contribution in [2.45, 2.75) is 11.4 Å². The molecule has 0 saturated carbocycles. The fourth-order valence-corrected chi connectivity index (χ4v) is 3.26. The summed E-state index contributed by atoms with van der Waals surface area (Å²) in [6.45, 7) is 0.289. The van der Waals surface area contributed by atoms with Crippen molar-refractivity contribution >= 4 is 20.9 Å². The van der Waals surface area contributed by atoms with Crippen molar-refractivity contribution in [3.05, 3.63) is 54.6 Å². The summed E-state index contributed by atoms with van der Waals surface area (Å²) in [5.74, 6) is 0.00433. The van der Waals surface area contributed by atoms with Crippen molar-refractivity contribution in [3.8, 4) is 0 Å². The highest BCUT2D eigenvalue weighted by Crippen LogP contribution is 2.13. The number of benzene rings is 2. The zero-order valence-electron chi connectivity index (χ0n) is 10.7. The quantitative estimate of drug-likeness (QED) is 0.735. The van der Waals surface area contributed by atoms with E-state index in [-0.39, 0.29) is 12.3 Å². The molecule has 0 unspecified atom stereocenters. The highest BCUT2D eigenvalue weighted by molar-refractivity contribution is 7.91. The molecule has 1 heterocycles. The van der Waals surface area contributed by atoms with Gasteiger partial charge in [0.05, 0.1) is 22.7 Å². The Morgan fingerprint density at radius 2 is 1.65 bits per heavy atom. The maximum absolute atomic E-state index is 12.2. The molecule has 3 rings (SSSR count). The molecule has 0 spiro atoms. The average Bonchev–Trinajstić information content (AvgIpc) is 2.89. The Kier molecular flexibility index (Phi) is 3.23. The van der Waals surface area contributed by atoms with Gasteiger partial charge in [-0.05, 0) is 24.3 Å². The molecule has 3 aromatic rings. The summed E-state index contributed by atoms with van der Waals surface area (Å²) in [4.78, 5) is 0.337. The van der Waals surface area contributed by atoms with Gasteiger partial charge in [0.1, 0.15) is 5.52 Å². The van der Waals surface area contributed by atoms with Crippen LogP contribution in [0.3, 0.4) is 0 Å². The molecule has 0 atom stereocenters. The van der Waals surface area contributed by atoms with Crippen LogP contribution in [0, 0.1) is 0 Å². The van der Waals surface area contributed by atoms with E-state index in [2.05, 4.69) is 10.3 Å². The van der Waals surface area contributed by atoms with Crippen molar-refractivity contribution in [2.75, 3.05) is 5.75 Å². The van der Waals surface area contributed by atoms with Crippen molar-refractivity contribution in [1.29, 1.82) is 0 Å². The van der Waals surface area contributed by atoms with E-state index in [1.165, 1.54) is 0 Å². The Morgan fingerprint density at radius 3 is 2.45 bits per heavy atom. The Labute approximate surface area is 116 Å². The first-order valence-electron chi connectivity index (χ1n) is 6.23. The summed E-state index contributed by atoms with van der Waals surface area (Å²) in [5, 5.41) is 8.00. The number of hydrogen-bond donors (Lipinski definition) is 0. The lowest BCUT2D eigenvalue weighted by Crippen LogP contribution is -2.14. The van der Waals surface area contributed by atoms with E-state index in [1.54, 1.807) is 35.0 Å². The highest BCUT2D eigenvalue weighted by atomic mass is 32.2. The van der Waals surface area contributed by atoms with Crippen molar-refractivity contribution < 1.29 is 8.42 Å². The fraction of sp³-hybridized carbons (Fsp3) is 0.143. The monoisotopic (exact) mass is 287 g/mol. The molecule has 0 saturated heterocycles. The predicted molar refractivity (Wildman–Crippen MR) is 76.0 cm³/mol. The van der Waals surface area contributed by atoms with Crippen LogP contribution < -0.4 is 0 Å². The van der Waals surface area contributed by atoms with Crippen LogP contribution in [0.25, 0.3) is 11.0 Å². The predicted octanol–water partition coefficient (Wildman–Crippen LogP) is 1.91. The topological polar surface area (TPSA) is 64.8 Å². The van der Waals surface area contributed by atoms with Crippen LogP contribution in [0.2, 0.25) is 0 Å². The zero-order valence-corrected chi connectivity index (χ0v) is 11.5. The van der Waals surface area contributed by atoms with E-state index in [0.717, 1.165) is 11.0 Å². The third-order valence-corrected chi connectivity index (χ3v) is 4.80. The van der Waals surface area contributed by atoms with Gasteiger partial charge >= 0.3 is 0 Å². The molecule has 0 amide bonds. The number of hydrogen-bond acceptors (Lipinski definition) is 4. The molecule has 0 aliphatic carbocycles. The highest BCUT2D eigenvalue weighted by Gasteiger charge is 2.15. The van der Waals surface area contributed by atoms with Crippen LogP contribution in [-0.2, 0) is 16.4 Å². The molecule has 102 valence electrons. The standard InChI is InChI=1S/C14H13N3O2S/c18-20(19,12-6-2-1-3-7-12)11-10-17-14-9-5-4-8-13(14)15-16-17/h1-9H,10-11H2. The Morgan fingerprint density at radius 1 is 0.950 bits per heavy atom. The number of sulfone groups is 1. The zero-order chi connectivity index (χ0) is 14.0. The van der Waals surface area contributed by atoms with E-state index in [9.17, 15) is 8.42 Å². The van der Waals surface area contributed by atoms with Crippen LogP contribution in [0.4, 0.5) is 0 Å². The molecule has 0 radical (unpaired) electrons. The molecule has 5 nitrogen and oxygen atoms in total. The number of nitrogens with zero attached hydrogens (tertiary/aromatic N) is 3. The summed E-state index contributed by atoms with van der Waals surface area (Å²) in [6.07, 6.45) is 0. The van der Waals surface area contributed by atoms with Crippen LogP contribution in [0.5, 0.6) is 0 Å². The molecule has 1 aromatic heterocycles. The van der Waals surface area contributed by atoms with Gasteiger partial charge in [0.2, 0.25) is 0 Å². The molecule has 0 aliphatic heterocycles. The van der Waals surface area contributed by atoms with E-state index < -0.39 is 9.84 Å². The molecule has 20 heavy (non-hydrogen) atoms. The summed E-state index contributed by atoms with van der Waals surface area (Å²) in [7, 11) is -3.29. The van der Waals surface area contributed by atoms with Crippen LogP contribution >= 0.6 is 0 Å². The second-order valence-electron chi connectivity index (χ2n) is 4.43. The van der Waals surface area contributed by atoms with Gasteiger partial charge < -0.3 is 0 Å². The van der Waals surface area contributed by atoms with Gasteiger partial charge in [-0.2, -0.15) is 0 Å². The van der Waals surface area contributed by atoms with Crippen molar-refractivity contribution in [1.82, 2.24) is 15.0 Å².